The molecule has 5 nitrogen and oxygen atoms in total. The molecule has 0 aliphatic carbocycles. The number of carbonyl (C=O) groups is 2. The Morgan fingerprint density at radius 1 is 0.964 bits per heavy atom. The van der Waals surface area contributed by atoms with Crippen molar-refractivity contribution in [2.24, 2.45) is 0 Å². The van der Waals surface area contributed by atoms with Crippen molar-refractivity contribution in [2.45, 2.75) is 26.4 Å². The summed E-state index contributed by atoms with van der Waals surface area (Å²) in [5, 5.41) is 6.23. The summed E-state index contributed by atoms with van der Waals surface area (Å²) in [5.74, 6) is -0.711. The molecule has 3 aromatic rings. The summed E-state index contributed by atoms with van der Waals surface area (Å²) in [5.41, 5.74) is 2.43. The van der Waals surface area contributed by atoms with Gasteiger partial charge >= 0.3 is 0 Å². The Morgan fingerprint density at radius 3 is 2.32 bits per heavy atom. The Hall–Kier alpha value is -3.06. The minimum atomic E-state index is -0.314. The summed E-state index contributed by atoms with van der Waals surface area (Å²) in [6.07, 6.45) is 0.0959. The smallest absolute Gasteiger partial charge is 0.263 e. The Balaban J connectivity index is 1.53. The molecule has 0 radical (unpaired) electrons. The number of benzene rings is 2. The van der Waals surface area contributed by atoms with Crippen molar-refractivity contribution in [2.75, 3.05) is 0 Å². The second kappa shape index (κ2) is 9.23. The van der Waals surface area contributed by atoms with E-state index >= 15 is 0 Å². The number of carbonyl (C=O) groups excluding carboxylic acids is 2. The van der Waals surface area contributed by atoms with Crippen LogP contribution < -0.4 is 10.6 Å². The van der Waals surface area contributed by atoms with E-state index in [1.807, 2.05) is 30.3 Å². The zero-order valence-corrected chi connectivity index (χ0v) is 16.2. The maximum atomic E-state index is 12.9. The van der Waals surface area contributed by atoms with Gasteiger partial charge in [-0.05, 0) is 30.2 Å². The molecule has 0 fully saturated rings. The van der Waals surface area contributed by atoms with Gasteiger partial charge in [-0.25, -0.2) is 9.37 Å². The van der Waals surface area contributed by atoms with E-state index in [1.165, 1.54) is 23.5 Å². The minimum absolute atomic E-state index is 0.0959. The molecule has 7 heteroatoms. The fraction of sp³-hybridized carbons (Fsp3) is 0.190. The molecule has 0 unspecified atom stereocenters. The first-order valence-electron chi connectivity index (χ1n) is 8.81. The number of aryl methyl sites for hydroxylation is 1. The molecule has 1 aromatic heterocycles. The predicted octanol–water partition coefficient (Wildman–Crippen LogP) is 3.38. The summed E-state index contributed by atoms with van der Waals surface area (Å²) in [6, 6.07) is 15.6. The molecule has 0 aliphatic rings. The third-order valence-corrected chi connectivity index (χ3v) is 5.21. The molecule has 0 bridgehead atoms. The van der Waals surface area contributed by atoms with Gasteiger partial charge in [0.15, 0.2) is 0 Å². The molecule has 0 saturated heterocycles. The average Bonchev–Trinajstić information content (AvgIpc) is 3.06. The molecule has 0 atom stereocenters. The summed E-state index contributed by atoms with van der Waals surface area (Å²) in [6.45, 7) is 2.51. The SMILES string of the molecule is Cc1nc(CC(=O)NCc2ccc(F)cc2)sc1C(=O)NCc1ccccc1. The average molecular weight is 397 g/mol. The van der Waals surface area contributed by atoms with Gasteiger partial charge in [0, 0.05) is 13.1 Å². The van der Waals surface area contributed by atoms with Crippen LogP contribution in [0, 0.1) is 12.7 Å². The third kappa shape index (κ3) is 5.47. The summed E-state index contributed by atoms with van der Waals surface area (Å²) in [7, 11) is 0. The van der Waals surface area contributed by atoms with Crippen molar-refractivity contribution in [3.63, 3.8) is 0 Å². The van der Waals surface area contributed by atoms with E-state index in [1.54, 1.807) is 19.1 Å². The van der Waals surface area contributed by atoms with Gasteiger partial charge in [0.25, 0.3) is 5.91 Å². The Morgan fingerprint density at radius 2 is 1.61 bits per heavy atom. The third-order valence-electron chi connectivity index (χ3n) is 4.06. The summed E-state index contributed by atoms with van der Waals surface area (Å²) < 4.78 is 12.9. The van der Waals surface area contributed by atoms with E-state index in [4.69, 9.17) is 0 Å². The first kappa shape index (κ1) is 19.7. The highest BCUT2D eigenvalue weighted by Crippen LogP contribution is 2.19. The van der Waals surface area contributed by atoms with E-state index < -0.39 is 0 Å². The van der Waals surface area contributed by atoms with Gasteiger partial charge in [-0.15, -0.1) is 11.3 Å². The molecule has 2 amide bonds. The van der Waals surface area contributed by atoms with Crippen molar-refractivity contribution in [1.29, 1.82) is 0 Å². The zero-order chi connectivity index (χ0) is 19.9. The van der Waals surface area contributed by atoms with Gasteiger partial charge in [-0.2, -0.15) is 0 Å². The number of thiazole rings is 1. The first-order valence-corrected chi connectivity index (χ1v) is 9.62. The molecule has 0 aliphatic heterocycles. The first-order chi connectivity index (χ1) is 13.5. The van der Waals surface area contributed by atoms with Crippen LogP contribution in [0.3, 0.4) is 0 Å². The van der Waals surface area contributed by atoms with Gasteiger partial charge < -0.3 is 10.6 Å². The largest absolute Gasteiger partial charge is 0.352 e. The van der Waals surface area contributed by atoms with Crippen LogP contribution in [0.5, 0.6) is 0 Å². The van der Waals surface area contributed by atoms with Gasteiger partial charge in [-0.3, -0.25) is 9.59 Å². The number of amides is 2. The molecule has 1 heterocycles. The monoisotopic (exact) mass is 397 g/mol. The normalized spacial score (nSPS) is 10.5. The van der Waals surface area contributed by atoms with E-state index in [0.29, 0.717) is 28.7 Å². The highest BCUT2D eigenvalue weighted by molar-refractivity contribution is 7.13. The van der Waals surface area contributed by atoms with Crippen LogP contribution in [0.15, 0.2) is 54.6 Å². The zero-order valence-electron chi connectivity index (χ0n) is 15.4. The van der Waals surface area contributed by atoms with Crippen molar-refractivity contribution < 1.29 is 14.0 Å². The van der Waals surface area contributed by atoms with Gasteiger partial charge in [0.2, 0.25) is 5.91 Å². The number of nitrogens with zero attached hydrogens (tertiary/aromatic N) is 1. The lowest BCUT2D eigenvalue weighted by atomic mass is 10.2. The second-order valence-corrected chi connectivity index (χ2v) is 7.35. The fourth-order valence-corrected chi connectivity index (χ4v) is 3.58. The van der Waals surface area contributed by atoms with Crippen LogP contribution in [-0.4, -0.2) is 16.8 Å². The Kier molecular flexibility index (Phi) is 6.49. The van der Waals surface area contributed by atoms with Gasteiger partial charge in [0.05, 0.1) is 12.1 Å². The van der Waals surface area contributed by atoms with E-state index in [-0.39, 0.29) is 24.1 Å². The molecule has 28 heavy (non-hydrogen) atoms. The summed E-state index contributed by atoms with van der Waals surface area (Å²) >= 11 is 1.22. The van der Waals surface area contributed by atoms with Crippen molar-refractivity contribution >= 4 is 23.2 Å². The van der Waals surface area contributed by atoms with Crippen LogP contribution in [0.2, 0.25) is 0 Å². The summed E-state index contributed by atoms with van der Waals surface area (Å²) in [4.78, 5) is 29.4. The number of aromatic nitrogens is 1. The van der Waals surface area contributed by atoms with Gasteiger partial charge in [0.1, 0.15) is 15.7 Å². The van der Waals surface area contributed by atoms with Gasteiger partial charge in [-0.1, -0.05) is 42.5 Å². The molecule has 3 rings (SSSR count). The fourth-order valence-electron chi connectivity index (χ4n) is 2.60. The topological polar surface area (TPSA) is 71.1 Å². The maximum absolute atomic E-state index is 12.9. The Labute approximate surface area is 166 Å². The van der Waals surface area contributed by atoms with Crippen LogP contribution in [0.4, 0.5) is 4.39 Å². The van der Waals surface area contributed by atoms with E-state index in [9.17, 15) is 14.0 Å². The standard InChI is InChI=1S/C21H20FN3O2S/c1-14-20(21(27)24-13-15-5-3-2-4-6-15)28-19(25-14)11-18(26)23-12-16-7-9-17(22)10-8-16/h2-10H,11-13H2,1H3,(H,23,26)(H,24,27). The highest BCUT2D eigenvalue weighted by atomic mass is 32.1. The molecule has 2 N–H and O–H groups in total. The molecule has 144 valence electrons. The molecular weight excluding hydrogens is 377 g/mol. The molecule has 2 aromatic carbocycles. The number of rotatable bonds is 7. The number of halogens is 1. The highest BCUT2D eigenvalue weighted by Gasteiger charge is 2.16. The van der Waals surface area contributed by atoms with Crippen molar-refractivity contribution in [1.82, 2.24) is 15.6 Å². The lowest BCUT2D eigenvalue weighted by Crippen LogP contribution is -2.24. The lowest BCUT2D eigenvalue weighted by molar-refractivity contribution is -0.120. The number of nitrogens with one attached hydrogen (secondary N) is 2. The van der Waals surface area contributed by atoms with Crippen LogP contribution in [-0.2, 0) is 24.3 Å². The maximum Gasteiger partial charge on any atom is 0.263 e. The van der Waals surface area contributed by atoms with Crippen LogP contribution >= 0.6 is 11.3 Å². The second-order valence-electron chi connectivity index (χ2n) is 6.27. The quantitative estimate of drug-likeness (QED) is 0.642. The number of hydrogen-bond donors (Lipinski definition) is 2. The Bertz CT molecular complexity index is 956. The lowest BCUT2D eigenvalue weighted by Gasteiger charge is -2.04. The van der Waals surface area contributed by atoms with Crippen molar-refractivity contribution in [3.8, 4) is 0 Å². The van der Waals surface area contributed by atoms with Crippen LogP contribution in [0.25, 0.3) is 0 Å². The van der Waals surface area contributed by atoms with Crippen LogP contribution in [0.1, 0.15) is 31.5 Å². The van der Waals surface area contributed by atoms with E-state index in [2.05, 4.69) is 15.6 Å². The molecular formula is C21H20FN3O2S. The molecule has 0 spiro atoms. The van der Waals surface area contributed by atoms with E-state index in [0.717, 1.165) is 11.1 Å². The minimum Gasteiger partial charge on any atom is -0.352 e. The number of hydrogen-bond acceptors (Lipinski definition) is 4. The van der Waals surface area contributed by atoms with Crippen molar-refractivity contribution in [3.05, 3.63) is 87.1 Å². The predicted molar refractivity (Wildman–Crippen MR) is 106 cm³/mol. The molecule has 0 saturated carbocycles.